The highest BCUT2D eigenvalue weighted by molar-refractivity contribution is 5.72. The standard InChI is InChI=1S/C20H16FN5O2/c21-14-4-1-12(2-5-14)7-8-26-10-23-18(22)17-20(26)25-19(24-17)13-3-6-15-16(9-13)28-11-27-15/h1-6,9-10H,7-8,11,22H2. The van der Waals surface area contributed by atoms with Gasteiger partial charge in [-0.05, 0) is 42.3 Å². The number of aryl methyl sites for hydroxylation is 2. The molecule has 28 heavy (non-hydrogen) atoms. The molecule has 0 spiro atoms. The van der Waals surface area contributed by atoms with Crippen molar-refractivity contribution >= 4 is 5.82 Å². The second-order valence-corrected chi connectivity index (χ2v) is 6.49. The summed E-state index contributed by atoms with van der Waals surface area (Å²) in [4.78, 5) is 13.5. The summed E-state index contributed by atoms with van der Waals surface area (Å²) >= 11 is 0. The van der Waals surface area contributed by atoms with E-state index < -0.39 is 0 Å². The number of hydrogen-bond donors (Lipinski definition) is 1. The predicted octanol–water partition coefficient (Wildman–Crippen LogP) is 3.14. The normalized spacial score (nSPS) is 12.6. The number of anilines is 1. The van der Waals surface area contributed by atoms with Gasteiger partial charge in [-0.15, -0.1) is 0 Å². The maximum Gasteiger partial charge on any atom is 0.231 e. The zero-order valence-corrected chi connectivity index (χ0v) is 14.8. The molecule has 3 aliphatic heterocycles. The zero-order chi connectivity index (χ0) is 19.1. The number of halogens is 1. The number of hydrogen-bond acceptors (Lipinski definition) is 6. The van der Waals surface area contributed by atoms with Crippen molar-refractivity contribution in [2.75, 3.05) is 12.5 Å². The fraction of sp³-hybridized carbons (Fsp3) is 0.150. The Labute approximate surface area is 159 Å². The van der Waals surface area contributed by atoms with Crippen LogP contribution >= 0.6 is 0 Å². The minimum atomic E-state index is -0.247. The molecule has 0 fully saturated rings. The molecule has 3 aliphatic rings. The Morgan fingerprint density at radius 3 is 2.71 bits per heavy atom. The van der Waals surface area contributed by atoms with Gasteiger partial charge in [0, 0.05) is 12.1 Å². The van der Waals surface area contributed by atoms with E-state index in [-0.39, 0.29) is 12.6 Å². The van der Waals surface area contributed by atoms with Crippen LogP contribution in [-0.2, 0) is 13.0 Å². The van der Waals surface area contributed by atoms with Gasteiger partial charge in [-0.2, -0.15) is 0 Å². The van der Waals surface area contributed by atoms with E-state index in [1.54, 1.807) is 18.5 Å². The highest BCUT2D eigenvalue weighted by Crippen LogP contribution is 2.36. The van der Waals surface area contributed by atoms with Crippen LogP contribution in [0.25, 0.3) is 22.9 Å². The summed E-state index contributed by atoms with van der Waals surface area (Å²) in [6, 6.07) is 12.0. The van der Waals surface area contributed by atoms with Crippen molar-refractivity contribution < 1.29 is 13.9 Å². The molecule has 0 saturated carbocycles. The molecule has 8 heteroatoms. The number of rotatable bonds is 4. The molecule has 7 nitrogen and oxygen atoms in total. The molecule has 2 aromatic rings. The van der Waals surface area contributed by atoms with Crippen LogP contribution in [0.2, 0.25) is 0 Å². The van der Waals surface area contributed by atoms with Crippen LogP contribution in [0.4, 0.5) is 10.2 Å². The topological polar surface area (TPSA) is 88.1 Å². The van der Waals surface area contributed by atoms with Gasteiger partial charge in [0.15, 0.2) is 34.7 Å². The Kier molecular flexibility index (Phi) is 3.82. The van der Waals surface area contributed by atoms with Crippen molar-refractivity contribution in [3.8, 4) is 34.4 Å². The summed E-state index contributed by atoms with van der Waals surface area (Å²) in [6.07, 6.45) is 2.36. The Hall–Kier alpha value is -3.68. The number of nitrogen functional groups attached to an aromatic ring is 1. The summed E-state index contributed by atoms with van der Waals surface area (Å²) in [5.41, 5.74) is 8.40. The van der Waals surface area contributed by atoms with Gasteiger partial charge in [0.25, 0.3) is 0 Å². The Morgan fingerprint density at radius 1 is 1.04 bits per heavy atom. The molecule has 0 unspecified atom stereocenters. The van der Waals surface area contributed by atoms with Gasteiger partial charge in [0.05, 0.1) is 6.33 Å². The summed E-state index contributed by atoms with van der Waals surface area (Å²) in [5, 5.41) is 0. The lowest BCUT2D eigenvalue weighted by molar-refractivity contribution is 0.174. The van der Waals surface area contributed by atoms with Crippen LogP contribution in [-0.4, -0.2) is 26.3 Å². The van der Waals surface area contributed by atoms with Crippen LogP contribution < -0.4 is 15.2 Å². The number of nitrogens with zero attached hydrogens (tertiary/aromatic N) is 4. The minimum Gasteiger partial charge on any atom is -0.454 e. The lowest BCUT2D eigenvalue weighted by atomic mass is 10.1. The Balaban J connectivity index is 1.48. The second kappa shape index (κ2) is 6.49. The van der Waals surface area contributed by atoms with Gasteiger partial charge in [-0.3, -0.25) is 0 Å². The van der Waals surface area contributed by atoms with E-state index in [2.05, 4.69) is 15.0 Å². The summed E-state index contributed by atoms with van der Waals surface area (Å²) in [7, 11) is 0. The number of ether oxygens (including phenoxy) is 2. The number of imidazole rings is 1. The van der Waals surface area contributed by atoms with Crippen LogP contribution in [0.1, 0.15) is 5.56 Å². The number of fused-ring (bicyclic) bond motifs is 2. The van der Waals surface area contributed by atoms with Gasteiger partial charge >= 0.3 is 0 Å². The highest BCUT2D eigenvalue weighted by atomic mass is 19.1. The van der Waals surface area contributed by atoms with Crippen molar-refractivity contribution in [3.63, 3.8) is 0 Å². The molecular weight excluding hydrogens is 361 g/mol. The van der Waals surface area contributed by atoms with E-state index in [1.165, 1.54) is 12.1 Å². The lowest BCUT2D eigenvalue weighted by Gasteiger charge is -2.11. The lowest BCUT2D eigenvalue weighted by Crippen LogP contribution is -2.10. The van der Waals surface area contributed by atoms with E-state index in [1.807, 2.05) is 22.8 Å². The van der Waals surface area contributed by atoms with Crippen molar-refractivity contribution in [2.24, 2.45) is 0 Å². The van der Waals surface area contributed by atoms with E-state index in [9.17, 15) is 4.39 Å². The molecule has 0 atom stereocenters. The highest BCUT2D eigenvalue weighted by Gasteiger charge is 2.21. The largest absolute Gasteiger partial charge is 0.454 e. The summed E-state index contributed by atoms with van der Waals surface area (Å²) < 4.78 is 25.8. The average molecular weight is 377 g/mol. The molecule has 0 saturated heterocycles. The fourth-order valence-corrected chi connectivity index (χ4v) is 3.18. The molecule has 2 aromatic carbocycles. The maximum absolute atomic E-state index is 13.1. The van der Waals surface area contributed by atoms with Crippen LogP contribution in [0.15, 0.2) is 48.8 Å². The number of nitrogens with two attached hydrogens (primary N) is 1. The smallest absolute Gasteiger partial charge is 0.231 e. The van der Waals surface area contributed by atoms with E-state index >= 15 is 0 Å². The molecule has 2 N–H and O–H groups in total. The van der Waals surface area contributed by atoms with Crippen molar-refractivity contribution in [1.82, 2.24) is 19.5 Å². The molecular formula is C20H16FN5O2. The van der Waals surface area contributed by atoms with Crippen molar-refractivity contribution in [3.05, 3.63) is 60.2 Å². The second-order valence-electron chi connectivity index (χ2n) is 6.49. The molecule has 0 amide bonds. The van der Waals surface area contributed by atoms with Gasteiger partial charge in [0.2, 0.25) is 6.79 Å². The predicted molar refractivity (Wildman–Crippen MR) is 101 cm³/mol. The molecule has 0 radical (unpaired) electrons. The van der Waals surface area contributed by atoms with Gasteiger partial charge in [-0.1, -0.05) is 12.1 Å². The maximum atomic E-state index is 13.1. The van der Waals surface area contributed by atoms with E-state index in [4.69, 9.17) is 15.2 Å². The minimum absolute atomic E-state index is 0.211. The first-order valence-corrected chi connectivity index (χ1v) is 8.80. The quantitative estimate of drug-likeness (QED) is 0.588. The number of benzene rings is 2. The van der Waals surface area contributed by atoms with E-state index in [0.717, 1.165) is 11.1 Å². The van der Waals surface area contributed by atoms with Gasteiger partial charge in [-0.25, -0.2) is 19.3 Å². The molecule has 0 aliphatic carbocycles. The molecule has 0 aromatic heterocycles. The van der Waals surface area contributed by atoms with Crippen molar-refractivity contribution in [1.29, 1.82) is 0 Å². The van der Waals surface area contributed by atoms with Crippen LogP contribution in [0.3, 0.4) is 0 Å². The monoisotopic (exact) mass is 377 g/mol. The van der Waals surface area contributed by atoms with E-state index in [0.29, 0.717) is 47.6 Å². The average Bonchev–Trinajstić information content (AvgIpc) is 3.36. The molecule has 5 rings (SSSR count). The van der Waals surface area contributed by atoms with Crippen LogP contribution in [0, 0.1) is 5.82 Å². The SMILES string of the molecule is Nc1ncn(CCc2ccc(F)cc2)c2nc(-c3ccc4c(c3)OCO4)nc1-2. The van der Waals surface area contributed by atoms with Crippen molar-refractivity contribution in [2.45, 2.75) is 13.0 Å². The molecule has 140 valence electrons. The first-order chi connectivity index (χ1) is 13.7. The fourth-order valence-electron chi connectivity index (χ4n) is 3.18. The van der Waals surface area contributed by atoms with Gasteiger partial charge in [0.1, 0.15) is 5.82 Å². The Bertz CT molecular complexity index is 1130. The summed E-state index contributed by atoms with van der Waals surface area (Å²) in [6.45, 7) is 0.831. The molecule has 0 bridgehead atoms. The summed E-state index contributed by atoms with van der Waals surface area (Å²) in [5.74, 6) is 2.65. The van der Waals surface area contributed by atoms with Crippen LogP contribution in [0.5, 0.6) is 11.5 Å². The third-order valence-corrected chi connectivity index (χ3v) is 4.68. The zero-order valence-electron chi connectivity index (χ0n) is 14.8. The third kappa shape index (κ3) is 2.88. The first-order valence-electron chi connectivity index (χ1n) is 8.80. The third-order valence-electron chi connectivity index (χ3n) is 4.68. The molecule has 3 heterocycles. The first kappa shape index (κ1) is 16.5. The Morgan fingerprint density at radius 2 is 1.86 bits per heavy atom. The number of aromatic nitrogens is 4. The van der Waals surface area contributed by atoms with Gasteiger partial charge < -0.3 is 19.8 Å².